The van der Waals surface area contributed by atoms with Crippen LogP contribution in [0.4, 0.5) is 0 Å². The van der Waals surface area contributed by atoms with Gasteiger partial charge in [-0.05, 0) is 19.8 Å². The van der Waals surface area contributed by atoms with Crippen LogP contribution >= 0.6 is 0 Å². The Morgan fingerprint density at radius 3 is 2.00 bits per heavy atom. The molecule has 1 atom stereocenters. The summed E-state index contributed by atoms with van der Waals surface area (Å²) in [5.41, 5.74) is 0.209. The smallest absolute Gasteiger partial charge is 0.168 e. The quantitative estimate of drug-likeness (QED) is 0.534. The van der Waals surface area contributed by atoms with Gasteiger partial charge < -0.3 is 14.2 Å². The molecule has 0 aromatic carbocycles. The molecule has 3 fully saturated rings. The fourth-order valence-electron chi connectivity index (χ4n) is 2.68. The Morgan fingerprint density at radius 1 is 1.00 bits per heavy atom. The fourth-order valence-corrected chi connectivity index (χ4v) is 2.68. The van der Waals surface area contributed by atoms with Crippen LogP contribution in [0.5, 0.6) is 0 Å². The highest BCUT2D eigenvalue weighted by molar-refractivity contribution is 5.05. The lowest BCUT2D eigenvalue weighted by Crippen LogP contribution is -2.38. The van der Waals surface area contributed by atoms with Crippen molar-refractivity contribution in [3.05, 3.63) is 0 Å². The average Bonchev–Trinajstić information content (AvgIpc) is 2.61. The van der Waals surface area contributed by atoms with Gasteiger partial charge >= 0.3 is 0 Å². The first-order valence-electron chi connectivity index (χ1n) is 5.21. The Balaban J connectivity index is 1.67. The van der Waals surface area contributed by atoms with E-state index >= 15 is 0 Å². The van der Waals surface area contributed by atoms with Gasteiger partial charge in [0.15, 0.2) is 5.79 Å². The first kappa shape index (κ1) is 8.21. The third-order valence-corrected chi connectivity index (χ3v) is 3.77. The molecule has 0 bridgehead atoms. The largest absolute Gasteiger partial charge is 0.366 e. The Bertz CT molecular complexity index is 210. The predicted molar refractivity (Wildman–Crippen MR) is 46.4 cm³/mol. The molecule has 74 valence electrons. The van der Waals surface area contributed by atoms with E-state index in [9.17, 15) is 0 Å². The van der Waals surface area contributed by atoms with Crippen LogP contribution in [0.15, 0.2) is 0 Å². The highest BCUT2D eigenvalue weighted by atomic mass is 16.7. The number of hydrogen-bond acceptors (Lipinski definition) is 3. The molecule has 1 unspecified atom stereocenters. The second-order valence-corrected chi connectivity index (χ2v) is 4.43. The summed E-state index contributed by atoms with van der Waals surface area (Å²) in [4.78, 5) is 0. The summed E-state index contributed by atoms with van der Waals surface area (Å²) in [7, 11) is 0. The molecule has 0 aromatic rings. The Hall–Kier alpha value is -0.120. The SMILES string of the molecule is CC1OC12CCC1(CC2)OCCO1. The third-order valence-electron chi connectivity index (χ3n) is 3.77. The van der Waals surface area contributed by atoms with Crippen molar-refractivity contribution in [3.8, 4) is 0 Å². The number of ether oxygens (including phenoxy) is 3. The second-order valence-electron chi connectivity index (χ2n) is 4.43. The van der Waals surface area contributed by atoms with Crippen molar-refractivity contribution < 1.29 is 14.2 Å². The van der Waals surface area contributed by atoms with Crippen molar-refractivity contribution in [1.82, 2.24) is 0 Å². The fraction of sp³-hybridized carbons (Fsp3) is 1.00. The van der Waals surface area contributed by atoms with Gasteiger partial charge in [0.25, 0.3) is 0 Å². The molecule has 3 aliphatic rings. The molecule has 2 aliphatic heterocycles. The lowest BCUT2D eigenvalue weighted by atomic mass is 9.83. The third kappa shape index (κ3) is 1.14. The van der Waals surface area contributed by atoms with Crippen LogP contribution in [0.1, 0.15) is 32.6 Å². The minimum atomic E-state index is -0.225. The van der Waals surface area contributed by atoms with Crippen LogP contribution in [0.2, 0.25) is 0 Å². The first-order valence-corrected chi connectivity index (χ1v) is 5.21. The Kier molecular flexibility index (Phi) is 1.56. The zero-order valence-electron chi connectivity index (χ0n) is 8.04. The van der Waals surface area contributed by atoms with Crippen LogP contribution in [-0.2, 0) is 14.2 Å². The predicted octanol–water partition coefficient (Wildman–Crippen LogP) is 1.46. The van der Waals surface area contributed by atoms with Crippen molar-refractivity contribution >= 4 is 0 Å². The van der Waals surface area contributed by atoms with Gasteiger partial charge in [-0.3, -0.25) is 0 Å². The molecule has 0 aromatic heterocycles. The summed E-state index contributed by atoms with van der Waals surface area (Å²) in [6.07, 6.45) is 4.70. The van der Waals surface area contributed by atoms with Crippen molar-refractivity contribution in [2.45, 2.75) is 50.1 Å². The summed E-state index contributed by atoms with van der Waals surface area (Å²) in [6, 6.07) is 0. The molecule has 2 saturated heterocycles. The zero-order valence-corrected chi connectivity index (χ0v) is 8.04. The summed E-state index contributed by atoms with van der Waals surface area (Å²) in [6.45, 7) is 3.70. The van der Waals surface area contributed by atoms with Crippen LogP contribution < -0.4 is 0 Å². The molecular weight excluding hydrogens is 168 g/mol. The van der Waals surface area contributed by atoms with E-state index in [1.807, 2.05) is 0 Å². The normalized spacial score (nSPS) is 39.9. The van der Waals surface area contributed by atoms with E-state index in [1.165, 1.54) is 0 Å². The molecule has 1 aliphatic carbocycles. The molecule has 0 radical (unpaired) electrons. The first-order chi connectivity index (χ1) is 6.25. The summed E-state index contributed by atoms with van der Waals surface area (Å²) >= 11 is 0. The van der Waals surface area contributed by atoms with Gasteiger partial charge in [-0.15, -0.1) is 0 Å². The summed E-state index contributed by atoms with van der Waals surface area (Å²) in [5, 5.41) is 0. The Labute approximate surface area is 78.3 Å². The van der Waals surface area contributed by atoms with Gasteiger partial charge in [0.2, 0.25) is 0 Å². The monoisotopic (exact) mass is 184 g/mol. The lowest BCUT2D eigenvalue weighted by molar-refractivity contribution is -0.184. The molecule has 0 amide bonds. The molecule has 13 heavy (non-hydrogen) atoms. The maximum Gasteiger partial charge on any atom is 0.168 e. The number of epoxide rings is 1. The van der Waals surface area contributed by atoms with Gasteiger partial charge in [0, 0.05) is 12.8 Å². The van der Waals surface area contributed by atoms with Crippen molar-refractivity contribution in [3.63, 3.8) is 0 Å². The van der Waals surface area contributed by atoms with Gasteiger partial charge in [-0.25, -0.2) is 0 Å². The molecule has 0 N–H and O–H groups in total. The van der Waals surface area contributed by atoms with Crippen LogP contribution in [0, 0.1) is 0 Å². The van der Waals surface area contributed by atoms with E-state index in [4.69, 9.17) is 14.2 Å². The van der Waals surface area contributed by atoms with Crippen molar-refractivity contribution in [1.29, 1.82) is 0 Å². The summed E-state index contributed by atoms with van der Waals surface area (Å²) in [5.74, 6) is -0.225. The van der Waals surface area contributed by atoms with E-state index in [-0.39, 0.29) is 11.4 Å². The highest BCUT2D eigenvalue weighted by Crippen LogP contribution is 2.52. The number of rotatable bonds is 0. The minimum Gasteiger partial charge on any atom is -0.366 e. The molecule has 2 spiro atoms. The highest BCUT2D eigenvalue weighted by Gasteiger charge is 2.58. The van der Waals surface area contributed by atoms with E-state index in [2.05, 4.69) is 6.92 Å². The maximum absolute atomic E-state index is 5.66. The zero-order chi connectivity index (χ0) is 8.94. The van der Waals surface area contributed by atoms with Gasteiger partial charge in [0.05, 0.1) is 24.9 Å². The lowest BCUT2D eigenvalue weighted by Gasteiger charge is -2.34. The molecule has 1 saturated carbocycles. The molecule has 3 nitrogen and oxygen atoms in total. The summed E-state index contributed by atoms with van der Waals surface area (Å²) < 4.78 is 17.0. The van der Waals surface area contributed by atoms with E-state index < -0.39 is 0 Å². The van der Waals surface area contributed by atoms with Crippen molar-refractivity contribution in [2.75, 3.05) is 13.2 Å². The topological polar surface area (TPSA) is 31.0 Å². The number of hydrogen-bond donors (Lipinski definition) is 0. The molecule has 2 heterocycles. The molecule has 3 rings (SSSR count). The minimum absolute atomic E-state index is 0.209. The molecular formula is C10H16O3. The van der Waals surface area contributed by atoms with E-state index in [1.54, 1.807) is 0 Å². The molecule has 3 heteroatoms. The van der Waals surface area contributed by atoms with Gasteiger partial charge in [0.1, 0.15) is 0 Å². The van der Waals surface area contributed by atoms with E-state index in [0.717, 1.165) is 38.9 Å². The average molecular weight is 184 g/mol. The maximum atomic E-state index is 5.66. The van der Waals surface area contributed by atoms with Crippen LogP contribution in [0.25, 0.3) is 0 Å². The van der Waals surface area contributed by atoms with Crippen LogP contribution in [0.3, 0.4) is 0 Å². The van der Waals surface area contributed by atoms with E-state index in [0.29, 0.717) is 6.10 Å². The Morgan fingerprint density at radius 2 is 1.54 bits per heavy atom. The second kappa shape index (κ2) is 2.47. The van der Waals surface area contributed by atoms with Crippen molar-refractivity contribution in [2.24, 2.45) is 0 Å². The van der Waals surface area contributed by atoms with Gasteiger partial charge in [-0.1, -0.05) is 0 Å². The standard InChI is InChI=1S/C10H16O3/c1-8-9(13-8)2-4-10(5-3-9)11-6-7-12-10/h8H,2-7H2,1H3. The van der Waals surface area contributed by atoms with Gasteiger partial charge in [-0.2, -0.15) is 0 Å². The van der Waals surface area contributed by atoms with Crippen LogP contribution in [-0.4, -0.2) is 30.7 Å².